The van der Waals surface area contributed by atoms with Crippen molar-refractivity contribution in [2.24, 2.45) is 5.41 Å². The normalized spacial score (nSPS) is 21.6. The number of hydrogen-bond acceptors (Lipinski definition) is 5. The maximum Gasteiger partial charge on any atom is 0.117 e. The van der Waals surface area contributed by atoms with Gasteiger partial charge in [-0.15, -0.1) is 0 Å². The van der Waals surface area contributed by atoms with Crippen molar-refractivity contribution in [1.82, 2.24) is 4.90 Å². The standard InChI is InChI=1S/C31H45N3O2/c1-4-31(5-2)14-10-25(11-15-31)29-23-26(33-16-12-27(35-3)13-17-33)8-9-30(29)34-20-18-32(19-21-34)24-28-7-6-22-36-28/h6-10,22-23,27H,4-5,11-21,24H2,1-3H3. The molecule has 2 aromatic rings. The molecule has 2 aliphatic heterocycles. The van der Waals surface area contributed by atoms with Gasteiger partial charge in [0, 0.05) is 63.3 Å². The first-order chi connectivity index (χ1) is 17.6. The minimum Gasteiger partial charge on any atom is -0.468 e. The molecule has 1 aliphatic carbocycles. The highest BCUT2D eigenvalue weighted by Crippen LogP contribution is 2.45. The molecule has 5 nitrogen and oxygen atoms in total. The molecule has 0 unspecified atom stereocenters. The minimum absolute atomic E-state index is 0.412. The summed E-state index contributed by atoms with van der Waals surface area (Å²) in [5.74, 6) is 1.06. The Kier molecular flexibility index (Phi) is 8.07. The van der Waals surface area contributed by atoms with E-state index in [4.69, 9.17) is 9.15 Å². The first kappa shape index (κ1) is 25.4. The molecule has 0 atom stereocenters. The van der Waals surface area contributed by atoms with Gasteiger partial charge in [0.2, 0.25) is 0 Å². The monoisotopic (exact) mass is 491 g/mol. The van der Waals surface area contributed by atoms with Gasteiger partial charge in [0.1, 0.15) is 5.76 Å². The molecule has 2 fully saturated rings. The van der Waals surface area contributed by atoms with Crippen LogP contribution in [-0.4, -0.2) is 57.4 Å². The zero-order chi connectivity index (χ0) is 25.0. The van der Waals surface area contributed by atoms with Crippen LogP contribution in [0.2, 0.25) is 0 Å². The molecule has 0 saturated carbocycles. The molecule has 0 bridgehead atoms. The van der Waals surface area contributed by atoms with E-state index in [0.29, 0.717) is 11.5 Å². The first-order valence-electron chi connectivity index (χ1n) is 14.2. The van der Waals surface area contributed by atoms with Crippen LogP contribution in [0.15, 0.2) is 47.1 Å². The van der Waals surface area contributed by atoms with Gasteiger partial charge in [-0.05, 0) is 73.4 Å². The summed E-state index contributed by atoms with van der Waals surface area (Å²) in [5.41, 5.74) is 6.34. The second-order valence-corrected chi connectivity index (χ2v) is 11.1. The van der Waals surface area contributed by atoms with Crippen molar-refractivity contribution in [3.8, 4) is 0 Å². The molecule has 36 heavy (non-hydrogen) atoms. The second-order valence-electron chi connectivity index (χ2n) is 11.1. The average molecular weight is 492 g/mol. The van der Waals surface area contributed by atoms with Gasteiger partial charge in [-0.3, -0.25) is 4.90 Å². The van der Waals surface area contributed by atoms with E-state index < -0.39 is 0 Å². The van der Waals surface area contributed by atoms with E-state index in [1.165, 1.54) is 49.0 Å². The molecule has 5 heteroatoms. The lowest BCUT2D eigenvalue weighted by Crippen LogP contribution is -2.46. The molecule has 0 radical (unpaired) electrons. The molecular formula is C31H45N3O2. The lowest BCUT2D eigenvalue weighted by molar-refractivity contribution is 0.0819. The second kappa shape index (κ2) is 11.4. The van der Waals surface area contributed by atoms with Crippen LogP contribution in [0.4, 0.5) is 11.4 Å². The van der Waals surface area contributed by atoms with E-state index in [1.54, 1.807) is 11.8 Å². The number of furan rings is 1. The van der Waals surface area contributed by atoms with Crippen molar-refractivity contribution >= 4 is 16.9 Å². The van der Waals surface area contributed by atoms with Crippen molar-refractivity contribution in [2.45, 2.75) is 71.4 Å². The minimum atomic E-state index is 0.412. The molecule has 196 valence electrons. The van der Waals surface area contributed by atoms with Crippen LogP contribution in [0.5, 0.6) is 0 Å². The average Bonchev–Trinajstić information content (AvgIpc) is 3.46. The topological polar surface area (TPSA) is 32.1 Å². The summed E-state index contributed by atoms with van der Waals surface area (Å²) in [7, 11) is 1.85. The van der Waals surface area contributed by atoms with Crippen LogP contribution in [0.1, 0.15) is 70.1 Å². The number of methoxy groups -OCH3 is 1. The maximum atomic E-state index is 5.62. The molecule has 1 aromatic heterocycles. The number of rotatable bonds is 8. The predicted octanol–water partition coefficient (Wildman–Crippen LogP) is 6.59. The van der Waals surface area contributed by atoms with Crippen molar-refractivity contribution in [2.75, 3.05) is 56.2 Å². The number of nitrogens with zero attached hydrogens (tertiary/aromatic N) is 3. The lowest BCUT2D eigenvalue weighted by Gasteiger charge is -2.39. The highest BCUT2D eigenvalue weighted by molar-refractivity contribution is 5.80. The van der Waals surface area contributed by atoms with Crippen molar-refractivity contribution in [1.29, 1.82) is 0 Å². The SMILES string of the molecule is CCC1(CC)CC=C(c2cc(N3CCC(OC)CC3)ccc2N2CCN(Cc3ccco3)CC2)CC1. The fourth-order valence-electron chi connectivity index (χ4n) is 6.45. The largest absolute Gasteiger partial charge is 0.468 e. The van der Waals surface area contributed by atoms with E-state index >= 15 is 0 Å². The van der Waals surface area contributed by atoms with Gasteiger partial charge < -0.3 is 19.0 Å². The zero-order valence-electron chi connectivity index (χ0n) is 22.7. The van der Waals surface area contributed by atoms with Crippen LogP contribution in [0.25, 0.3) is 5.57 Å². The van der Waals surface area contributed by atoms with E-state index in [-0.39, 0.29) is 0 Å². The smallest absolute Gasteiger partial charge is 0.117 e. The Hall–Kier alpha value is -2.24. The number of hydrogen-bond donors (Lipinski definition) is 0. The van der Waals surface area contributed by atoms with Crippen LogP contribution in [-0.2, 0) is 11.3 Å². The van der Waals surface area contributed by atoms with Gasteiger partial charge in [-0.25, -0.2) is 0 Å². The Morgan fingerprint density at radius 3 is 2.36 bits per heavy atom. The zero-order valence-corrected chi connectivity index (χ0v) is 22.7. The number of anilines is 2. The Bertz CT molecular complexity index is 995. The van der Waals surface area contributed by atoms with Crippen LogP contribution >= 0.6 is 0 Å². The van der Waals surface area contributed by atoms with Crippen LogP contribution < -0.4 is 9.80 Å². The predicted molar refractivity (Wildman–Crippen MR) is 150 cm³/mol. The molecule has 0 N–H and O–H groups in total. The quantitative estimate of drug-likeness (QED) is 0.416. The molecule has 0 spiro atoms. The fraction of sp³-hybridized carbons (Fsp3) is 0.613. The molecule has 3 aliphatic rings. The van der Waals surface area contributed by atoms with Crippen molar-refractivity contribution < 1.29 is 9.15 Å². The highest BCUT2D eigenvalue weighted by Gasteiger charge is 2.30. The Balaban J connectivity index is 1.36. The number of allylic oxidation sites excluding steroid dienone is 2. The van der Waals surface area contributed by atoms with Gasteiger partial charge in [-0.2, -0.15) is 0 Å². The highest BCUT2D eigenvalue weighted by atomic mass is 16.5. The summed E-state index contributed by atoms with van der Waals surface area (Å²) < 4.78 is 11.2. The summed E-state index contributed by atoms with van der Waals surface area (Å²) in [6.07, 6.45) is 13.3. The molecule has 0 amide bonds. The van der Waals surface area contributed by atoms with Gasteiger partial charge in [0.25, 0.3) is 0 Å². The molecule has 5 rings (SSSR count). The molecular weight excluding hydrogens is 446 g/mol. The summed E-state index contributed by atoms with van der Waals surface area (Å²) in [6.45, 7) is 12.1. The Labute approximate surface area is 218 Å². The molecule has 1 aromatic carbocycles. The lowest BCUT2D eigenvalue weighted by atomic mass is 9.70. The third kappa shape index (κ3) is 5.52. The third-order valence-corrected chi connectivity index (χ3v) is 9.35. The Morgan fingerprint density at radius 2 is 1.75 bits per heavy atom. The maximum absolute atomic E-state index is 5.62. The summed E-state index contributed by atoms with van der Waals surface area (Å²) in [6, 6.07) is 11.4. The number of ether oxygens (including phenoxy) is 1. The summed E-state index contributed by atoms with van der Waals surface area (Å²) >= 11 is 0. The third-order valence-electron chi connectivity index (χ3n) is 9.35. The van der Waals surface area contributed by atoms with Gasteiger partial charge in [-0.1, -0.05) is 32.8 Å². The van der Waals surface area contributed by atoms with E-state index in [9.17, 15) is 0 Å². The van der Waals surface area contributed by atoms with E-state index in [0.717, 1.165) is 64.4 Å². The van der Waals surface area contributed by atoms with Crippen LogP contribution in [0.3, 0.4) is 0 Å². The number of benzene rings is 1. The number of piperidine rings is 1. The molecule has 2 saturated heterocycles. The fourth-order valence-corrected chi connectivity index (χ4v) is 6.45. The van der Waals surface area contributed by atoms with E-state index in [2.05, 4.69) is 58.9 Å². The first-order valence-corrected chi connectivity index (χ1v) is 14.2. The Morgan fingerprint density at radius 1 is 0.972 bits per heavy atom. The molecule has 3 heterocycles. The van der Waals surface area contributed by atoms with E-state index in [1.807, 2.05) is 13.2 Å². The van der Waals surface area contributed by atoms with Gasteiger partial charge in [0.15, 0.2) is 0 Å². The number of piperazine rings is 1. The van der Waals surface area contributed by atoms with Crippen molar-refractivity contribution in [3.63, 3.8) is 0 Å². The summed E-state index contributed by atoms with van der Waals surface area (Å²) in [4.78, 5) is 7.70. The summed E-state index contributed by atoms with van der Waals surface area (Å²) in [5, 5.41) is 0. The van der Waals surface area contributed by atoms with Gasteiger partial charge in [0.05, 0.1) is 18.9 Å². The van der Waals surface area contributed by atoms with Crippen molar-refractivity contribution in [3.05, 3.63) is 54.0 Å². The van der Waals surface area contributed by atoms with Crippen LogP contribution in [0, 0.1) is 5.41 Å². The van der Waals surface area contributed by atoms with Gasteiger partial charge >= 0.3 is 0 Å².